The summed E-state index contributed by atoms with van der Waals surface area (Å²) in [6.45, 7) is 5.15. The highest BCUT2D eigenvalue weighted by atomic mass is 35.5. The average molecular weight is 383 g/mol. The van der Waals surface area contributed by atoms with E-state index in [1.165, 1.54) is 0 Å². The van der Waals surface area contributed by atoms with Crippen LogP contribution >= 0.6 is 34.5 Å². The number of ether oxygens (including phenoxy) is 1. The Kier molecular flexibility index (Phi) is 4.49. The molecule has 0 saturated carbocycles. The number of pyridine rings is 1. The van der Waals surface area contributed by atoms with E-state index in [0.29, 0.717) is 16.7 Å². The maximum absolute atomic E-state index is 6.22. The standard InChI is InChI=1S/C16H16Cl2N4OS/c1-10-9-24-16(19-10)14-8-21(2-3-23-14)6-12-7-22-5-11(17)4-13(18)15(22)20-12/h4-5,7,9,14H,2-3,6,8H2,1H3. The predicted octanol–water partition coefficient (Wildman–Crippen LogP) is 3.98. The van der Waals surface area contributed by atoms with Gasteiger partial charge in [-0.05, 0) is 13.0 Å². The van der Waals surface area contributed by atoms with Crippen molar-refractivity contribution in [1.29, 1.82) is 0 Å². The number of aryl methyl sites for hydroxylation is 1. The monoisotopic (exact) mass is 382 g/mol. The molecule has 1 saturated heterocycles. The molecule has 0 radical (unpaired) electrons. The van der Waals surface area contributed by atoms with E-state index in [2.05, 4.69) is 20.2 Å². The molecule has 3 aromatic heterocycles. The Labute approximate surface area is 153 Å². The molecule has 0 aliphatic carbocycles. The number of morpholine rings is 1. The molecule has 0 amide bonds. The minimum atomic E-state index is 0.0347. The third-order valence-corrected chi connectivity index (χ3v) is 5.51. The fourth-order valence-corrected chi connectivity index (χ4v) is 4.26. The van der Waals surface area contributed by atoms with Gasteiger partial charge in [0.1, 0.15) is 11.1 Å². The van der Waals surface area contributed by atoms with Crippen molar-refractivity contribution >= 4 is 40.2 Å². The van der Waals surface area contributed by atoms with Crippen LogP contribution in [-0.2, 0) is 11.3 Å². The number of aromatic nitrogens is 3. The zero-order valence-corrected chi connectivity index (χ0v) is 15.4. The molecule has 0 spiro atoms. The van der Waals surface area contributed by atoms with Gasteiger partial charge in [-0.3, -0.25) is 4.90 Å². The zero-order valence-electron chi connectivity index (χ0n) is 13.1. The van der Waals surface area contributed by atoms with Gasteiger partial charge in [0.25, 0.3) is 0 Å². The minimum Gasteiger partial charge on any atom is -0.368 e. The van der Waals surface area contributed by atoms with Gasteiger partial charge in [0, 0.05) is 43.1 Å². The SMILES string of the molecule is Cc1csc(C2CN(Cc3cn4cc(Cl)cc(Cl)c4n3)CCO2)n1. The van der Waals surface area contributed by atoms with E-state index in [4.69, 9.17) is 27.9 Å². The third-order valence-electron chi connectivity index (χ3n) is 3.97. The Bertz CT molecular complexity index is 878. The fraction of sp³-hybridized carbons (Fsp3) is 0.375. The lowest BCUT2D eigenvalue weighted by Gasteiger charge is -2.31. The summed E-state index contributed by atoms with van der Waals surface area (Å²) >= 11 is 13.9. The van der Waals surface area contributed by atoms with Crippen LogP contribution in [0.5, 0.6) is 0 Å². The number of hydrogen-bond donors (Lipinski definition) is 0. The Morgan fingerprint density at radius 2 is 2.21 bits per heavy atom. The summed E-state index contributed by atoms with van der Waals surface area (Å²) in [5.74, 6) is 0. The second-order valence-corrected chi connectivity index (χ2v) is 7.62. The van der Waals surface area contributed by atoms with Crippen molar-refractivity contribution in [3.8, 4) is 0 Å². The molecule has 1 fully saturated rings. The van der Waals surface area contributed by atoms with E-state index < -0.39 is 0 Å². The summed E-state index contributed by atoms with van der Waals surface area (Å²) in [5, 5.41) is 4.27. The van der Waals surface area contributed by atoms with Gasteiger partial charge in [-0.2, -0.15) is 0 Å². The molecule has 4 rings (SSSR count). The molecule has 5 nitrogen and oxygen atoms in total. The van der Waals surface area contributed by atoms with Crippen LogP contribution in [0.25, 0.3) is 5.65 Å². The van der Waals surface area contributed by atoms with Crippen molar-refractivity contribution in [2.75, 3.05) is 19.7 Å². The molecule has 1 aliphatic rings. The van der Waals surface area contributed by atoms with Gasteiger partial charge < -0.3 is 9.14 Å². The molecule has 24 heavy (non-hydrogen) atoms. The Morgan fingerprint density at radius 1 is 1.33 bits per heavy atom. The second-order valence-electron chi connectivity index (χ2n) is 5.89. The smallest absolute Gasteiger partial charge is 0.156 e. The molecular formula is C16H16Cl2N4OS. The van der Waals surface area contributed by atoms with Crippen molar-refractivity contribution < 1.29 is 4.74 Å². The number of rotatable bonds is 3. The number of nitrogens with zero attached hydrogens (tertiary/aromatic N) is 4. The van der Waals surface area contributed by atoms with Gasteiger partial charge in [0.05, 0.1) is 22.3 Å². The number of thiazole rings is 1. The topological polar surface area (TPSA) is 42.7 Å². The number of imidazole rings is 1. The molecule has 1 aliphatic heterocycles. The molecule has 3 aromatic rings. The molecule has 0 bridgehead atoms. The van der Waals surface area contributed by atoms with Crippen LogP contribution in [0.1, 0.15) is 22.5 Å². The largest absolute Gasteiger partial charge is 0.368 e. The van der Waals surface area contributed by atoms with Crippen molar-refractivity contribution in [3.05, 3.63) is 50.3 Å². The van der Waals surface area contributed by atoms with Gasteiger partial charge >= 0.3 is 0 Å². The first-order valence-electron chi connectivity index (χ1n) is 7.67. The van der Waals surface area contributed by atoms with Crippen molar-refractivity contribution in [1.82, 2.24) is 19.3 Å². The van der Waals surface area contributed by atoms with E-state index in [0.717, 1.165) is 41.7 Å². The minimum absolute atomic E-state index is 0.0347. The third kappa shape index (κ3) is 3.30. The lowest BCUT2D eigenvalue weighted by atomic mass is 10.2. The zero-order chi connectivity index (χ0) is 16.7. The predicted molar refractivity (Wildman–Crippen MR) is 96.0 cm³/mol. The van der Waals surface area contributed by atoms with Crippen LogP contribution in [0, 0.1) is 6.92 Å². The van der Waals surface area contributed by atoms with Crippen molar-refractivity contribution in [2.24, 2.45) is 0 Å². The normalized spacial score (nSPS) is 19.2. The van der Waals surface area contributed by atoms with Crippen LogP contribution in [0.15, 0.2) is 23.8 Å². The second kappa shape index (κ2) is 6.61. The lowest BCUT2D eigenvalue weighted by molar-refractivity contribution is -0.0333. The molecular weight excluding hydrogens is 367 g/mol. The van der Waals surface area contributed by atoms with E-state index >= 15 is 0 Å². The van der Waals surface area contributed by atoms with E-state index in [9.17, 15) is 0 Å². The molecule has 0 aromatic carbocycles. The van der Waals surface area contributed by atoms with Crippen LogP contribution in [0.3, 0.4) is 0 Å². The first-order chi connectivity index (χ1) is 11.6. The first kappa shape index (κ1) is 16.3. The summed E-state index contributed by atoms with van der Waals surface area (Å²) < 4.78 is 7.76. The van der Waals surface area contributed by atoms with E-state index in [1.807, 2.05) is 23.7 Å². The molecule has 1 unspecified atom stereocenters. The Hall–Kier alpha value is -1.18. The lowest BCUT2D eigenvalue weighted by Crippen LogP contribution is -2.37. The van der Waals surface area contributed by atoms with Crippen LogP contribution in [0.4, 0.5) is 0 Å². The Balaban J connectivity index is 1.51. The molecule has 126 valence electrons. The Morgan fingerprint density at radius 3 is 3.00 bits per heavy atom. The summed E-state index contributed by atoms with van der Waals surface area (Å²) in [6.07, 6.45) is 3.83. The van der Waals surface area contributed by atoms with E-state index in [1.54, 1.807) is 17.4 Å². The van der Waals surface area contributed by atoms with Gasteiger partial charge in [0.2, 0.25) is 0 Å². The van der Waals surface area contributed by atoms with Gasteiger partial charge in [0.15, 0.2) is 5.65 Å². The van der Waals surface area contributed by atoms with Crippen LogP contribution in [-0.4, -0.2) is 39.0 Å². The van der Waals surface area contributed by atoms with Gasteiger partial charge in [-0.15, -0.1) is 11.3 Å². The van der Waals surface area contributed by atoms with E-state index in [-0.39, 0.29) is 6.10 Å². The van der Waals surface area contributed by atoms with Gasteiger partial charge in [-0.25, -0.2) is 9.97 Å². The maximum Gasteiger partial charge on any atom is 0.156 e. The summed E-state index contributed by atoms with van der Waals surface area (Å²) in [7, 11) is 0. The quantitative estimate of drug-likeness (QED) is 0.686. The van der Waals surface area contributed by atoms with Crippen LogP contribution < -0.4 is 0 Å². The summed E-state index contributed by atoms with van der Waals surface area (Å²) in [5.41, 5.74) is 2.74. The van der Waals surface area contributed by atoms with Crippen LogP contribution in [0.2, 0.25) is 10.0 Å². The molecule has 8 heteroatoms. The molecule has 1 atom stereocenters. The van der Waals surface area contributed by atoms with Crippen molar-refractivity contribution in [2.45, 2.75) is 19.6 Å². The molecule has 0 N–H and O–H groups in total. The average Bonchev–Trinajstić information content (AvgIpc) is 3.14. The highest BCUT2D eigenvalue weighted by Gasteiger charge is 2.25. The molecule has 4 heterocycles. The fourth-order valence-electron chi connectivity index (χ4n) is 2.90. The number of fused-ring (bicyclic) bond motifs is 1. The highest BCUT2D eigenvalue weighted by molar-refractivity contribution is 7.09. The summed E-state index contributed by atoms with van der Waals surface area (Å²) in [4.78, 5) is 11.5. The number of hydrogen-bond acceptors (Lipinski definition) is 5. The first-order valence-corrected chi connectivity index (χ1v) is 9.30. The number of halogens is 2. The summed E-state index contributed by atoms with van der Waals surface area (Å²) in [6, 6.07) is 1.71. The maximum atomic E-state index is 6.22. The highest BCUT2D eigenvalue weighted by Crippen LogP contribution is 2.27. The van der Waals surface area contributed by atoms with Crippen molar-refractivity contribution in [3.63, 3.8) is 0 Å². The van der Waals surface area contributed by atoms with Gasteiger partial charge in [-0.1, -0.05) is 23.2 Å².